The molecule has 390 valence electrons. The van der Waals surface area contributed by atoms with E-state index in [1.807, 2.05) is 0 Å². The molecule has 0 aliphatic heterocycles. The summed E-state index contributed by atoms with van der Waals surface area (Å²) in [4.78, 5) is 24.5. The van der Waals surface area contributed by atoms with Gasteiger partial charge in [-0.15, -0.1) is 0 Å². The maximum atomic E-state index is 12.4. The van der Waals surface area contributed by atoms with E-state index in [2.05, 4.69) is 43.5 Å². The fourth-order valence-electron chi connectivity index (χ4n) is 9.20. The van der Waals surface area contributed by atoms with E-state index in [-0.39, 0.29) is 18.5 Å². The van der Waals surface area contributed by atoms with Crippen LogP contribution in [0.1, 0.15) is 322 Å². The third-order valence-electron chi connectivity index (χ3n) is 13.8. The number of nitrogens with one attached hydrogen (secondary N) is 1. The summed E-state index contributed by atoms with van der Waals surface area (Å²) in [5.41, 5.74) is 0. The van der Waals surface area contributed by atoms with Gasteiger partial charge in [-0.2, -0.15) is 0 Å². The second-order valence-corrected chi connectivity index (χ2v) is 20.3. The van der Waals surface area contributed by atoms with E-state index in [0.717, 1.165) is 51.4 Å². The van der Waals surface area contributed by atoms with Crippen molar-refractivity contribution in [2.75, 3.05) is 13.2 Å². The van der Waals surface area contributed by atoms with Crippen LogP contribution in [0.2, 0.25) is 0 Å². The highest BCUT2D eigenvalue weighted by atomic mass is 16.5. The second-order valence-electron chi connectivity index (χ2n) is 20.3. The van der Waals surface area contributed by atoms with Crippen LogP contribution in [-0.4, -0.2) is 47.4 Å². The number of aliphatic hydroxyl groups is 2. The zero-order valence-corrected chi connectivity index (χ0v) is 44.4. The van der Waals surface area contributed by atoms with Crippen LogP contribution in [0.15, 0.2) is 24.3 Å². The van der Waals surface area contributed by atoms with Gasteiger partial charge in [-0.1, -0.05) is 276 Å². The fraction of sp³-hybridized carbons (Fsp3) is 0.900. The first kappa shape index (κ1) is 64.3. The van der Waals surface area contributed by atoms with Crippen molar-refractivity contribution < 1.29 is 24.5 Å². The summed E-state index contributed by atoms with van der Waals surface area (Å²) in [5, 5.41) is 23.2. The van der Waals surface area contributed by atoms with Crippen LogP contribution in [0.3, 0.4) is 0 Å². The highest BCUT2D eigenvalue weighted by Crippen LogP contribution is 2.18. The van der Waals surface area contributed by atoms with Crippen LogP contribution in [0.4, 0.5) is 0 Å². The Hall–Kier alpha value is -1.66. The predicted octanol–water partition coefficient (Wildman–Crippen LogP) is 18.2. The third kappa shape index (κ3) is 51.7. The molecular weight excluding hydrogens is 815 g/mol. The average molecular weight is 931 g/mol. The maximum Gasteiger partial charge on any atom is 0.305 e. The van der Waals surface area contributed by atoms with Gasteiger partial charge in [0.2, 0.25) is 5.91 Å². The molecule has 0 radical (unpaired) electrons. The van der Waals surface area contributed by atoms with Crippen LogP contribution in [0.5, 0.6) is 0 Å². The summed E-state index contributed by atoms with van der Waals surface area (Å²) in [5.74, 6) is -0.0344. The largest absolute Gasteiger partial charge is 0.466 e. The Morgan fingerprint density at radius 1 is 0.424 bits per heavy atom. The van der Waals surface area contributed by atoms with Gasteiger partial charge in [0.25, 0.3) is 0 Å². The highest BCUT2D eigenvalue weighted by Gasteiger charge is 2.20. The lowest BCUT2D eigenvalue weighted by Crippen LogP contribution is -2.45. The fourth-order valence-corrected chi connectivity index (χ4v) is 9.20. The predicted molar refractivity (Wildman–Crippen MR) is 287 cm³/mol. The van der Waals surface area contributed by atoms with Crippen LogP contribution in [0.25, 0.3) is 0 Å². The van der Waals surface area contributed by atoms with Gasteiger partial charge < -0.3 is 20.3 Å². The summed E-state index contributed by atoms with van der Waals surface area (Å²) in [6.45, 7) is 4.92. The SMILES string of the molecule is CCCCC/C=C\C/C=C\CCCCCCCC(=O)OCCCCCCCCCCCCCCCCCCCCCCCCCC(=O)NC(CO)C(O)CCCCCCCCCCCCC. The number of hydrogen-bond acceptors (Lipinski definition) is 5. The van der Waals surface area contributed by atoms with E-state index >= 15 is 0 Å². The number of unbranched alkanes of at least 4 members (excludes halogenated alkanes) is 40. The van der Waals surface area contributed by atoms with Crippen LogP contribution >= 0.6 is 0 Å². The van der Waals surface area contributed by atoms with Crippen LogP contribution in [-0.2, 0) is 14.3 Å². The molecule has 3 N–H and O–H groups in total. The lowest BCUT2D eigenvalue weighted by molar-refractivity contribution is -0.143. The lowest BCUT2D eigenvalue weighted by atomic mass is 10.0. The van der Waals surface area contributed by atoms with E-state index in [1.165, 1.54) is 238 Å². The third-order valence-corrected chi connectivity index (χ3v) is 13.8. The van der Waals surface area contributed by atoms with Gasteiger partial charge in [0.1, 0.15) is 0 Å². The van der Waals surface area contributed by atoms with Crippen molar-refractivity contribution in [1.82, 2.24) is 5.32 Å². The van der Waals surface area contributed by atoms with Gasteiger partial charge in [-0.25, -0.2) is 0 Å². The topological polar surface area (TPSA) is 95.9 Å². The van der Waals surface area contributed by atoms with Crippen molar-refractivity contribution in [2.24, 2.45) is 0 Å². The number of amides is 1. The number of allylic oxidation sites excluding steroid dienone is 4. The Balaban J connectivity index is 3.35. The molecular formula is C60H115NO5. The molecule has 0 aliphatic carbocycles. The molecule has 2 unspecified atom stereocenters. The molecule has 0 saturated heterocycles. The van der Waals surface area contributed by atoms with E-state index in [1.54, 1.807) is 0 Å². The smallest absolute Gasteiger partial charge is 0.305 e. The van der Waals surface area contributed by atoms with Gasteiger partial charge >= 0.3 is 5.97 Å². The lowest BCUT2D eigenvalue weighted by Gasteiger charge is -2.22. The maximum absolute atomic E-state index is 12.4. The van der Waals surface area contributed by atoms with Crippen molar-refractivity contribution in [3.8, 4) is 0 Å². The molecule has 1 amide bonds. The monoisotopic (exact) mass is 930 g/mol. The minimum Gasteiger partial charge on any atom is -0.466 e. The van der Waals surface area contributed by atoms with Gasteiger partial charge in [-0.05, 0) is 57.8 Å². The summed E-state index contributed by atoms with van der Waals surface area (Å²) in [7, 11) is 0. The molecule has 6 nitrogen and oxygen atoms in total. The molecule has 0 bridgehead atoms. The molecule has 6 heteroatoms. The Morgan fingerprint density at radius 2 is 0.758 bits per heavy atom. The zero-order valence-electron chi connectivity index (χ0n) is 44.4. The molecule has 0 rings (SSSR count). The first-order valence-corrected chi connectivity index (χ1v) is 29.6. The molecule has 0 fully saturated rings. The molecule has 2 atom stereocenters. The Morgan fingerprint density at radius 3 is 1.18 bits per heavy atom. The van der Waals surface area contributed by atoms with Crippen molar-refractivity contribution in [3.05, 3.63) is 24.3 Å². The number of esters is 1. The van der Waals surface area contributed by atoms with Crippen molar-refractivity contribution in [1.29, 1.82) is 0 Å². The molecule has 0 aliphatic rings. The van der Waals surface area contributed by atoms with Gasteiger partial charge in [-0.3, -0.25) is 9.59 Å². The quantitative estimate of drug-likeness (QED) is 0.0321. The summed E-state index contributed by atoms with van der Waals surface area (Å²) >= 11 is 0. The molecule has 0 saturated carbocycles. The van der Waals surface area contributed by atoms with Crippen LogP contribution in [0, 0.1) is 0 Å². The Labute approximate surface area is 411 Å². The van der Waals surface area contributed by atoms with E-state index < -0.39 is 12.1 Å². The molecule has 0 aromatic heterocycles. The first-order valence-electron chi connectivity index (χ1n) is 29.6. The normalized spacial score (nSPS) is 12.7. The number of ether oxygens (including phenoxy) is 1. The second kappa shape index (κ2) is 55.9. The van der Waals surface area contributed by atoms with Crippen molar-refractivity contribution in [3.63, 3.8) is 0 Å². The van der Waals surface area contributed by atoms with E-state index in [4.69, 9.17) is 4.74 Å². The minimum atomic E-state index is -0.662. The van der Waals surface area contributed by atoms with Gasteiger partial charge in [0.15, 0.2) is 0 Å². The average Bonchev–Trinajstić information content (AvgIpc) is 3.32. The first-order chi connectivity index (χ1) is 32.5. The standard InChI is InChI=1S/C60H115NO5/c1-3-5-7-9-11-13-15-16-26-30-34-38-42-46-50-54-60(65)66-55-51-47-43-39-35-31-28-25-23-21-19-17-18-20-22-24-27-29-33-37-41-45-49-53-59(64)61-57(56-62)58(63)52-48-44-40-36-32-14-12-10-8-6-4-2/h11,13,16,26,57-58,62-63H,3-10,12,14-15,17-25,27-56H2,1-2H3,(H,61,64)/b13-11-,26-16-. The molecule has 0 aromatic carbocycles. The molecule has 0 heterocycles. The Bertz CT molecular complexity index is 1030. The summed E-state index contributed by atoms with van der Waals surface area (Å²) in [6, 6.07) is -0.539. The number of carbonyl (C=O) groups excluding carboxylic acids is 2. The molecule has 66 heavy (non-hydrogen) atoms. The van der Waals surface area contributed by atoms with E-state index in [9.17, 15) is 19.8 Å². The molecule has 0 spiro atoms. The number of hydrogen-bond donors (Lipinski definition) is 3. The zero-order chi connectivity index (χ0) is 47.9. The highest BCUT2D eigenvalue weighted by molar-refractivity contribution is 5.76. The number of carbonyl (C=O) groups is 2. The summed E-state index contributed by atoms with van der Waals surface area (Å²) in [6.07, 6.45) is 67.5. The Kier molecular flexibility index (Phi) is 54.5. The van der Waals surface area contributed by atoms with Crippen molar-refractivity contribution in [2.45, 2.75) is 334 Å². The van der Waals surface area contributed by atoms with Crippen LogP contribution < -0.4 is 5.32 Å². The van der Waals surface area contributed by atoms with Crippen molar-refractivity contribution >= 4 is 11.9 Å². The van der Waals surface area contributed by atoms with Gasteiger partial charge in [0, 0.05) is 12.8 Å². The van der Waals surface area contributed by atoms with Gasteiger partial charge in [0.05, 0.1) is 25.4 Å². The molecule has 0 aromatic rings. The number of rotatable bonds is 55. The number of aliphatic hydroxyl groups excluding tert-OH is 2. The summed E-state index contributed by atoms with van der Waals surface area (Å²) < 4.78 is 5.48. The minimum absolute atomic E-state index is 0.000479. The van der Waals surface area contributed by atoms with E-state index in [0.29, 0.717) is 25.9 Å².